The van der Waals surface area contributed by atoms with Crippen LogP contribution < -0.4 is 5.32 Å². The van der Waals surface area contributed by atoms with Gasteiger partial charge in [-0.15, -0.1) is 18.2 Å². The quantitative estimate of drug-likeness (QED) is 0.487. The highest BCUT2D eigenvalue weighted by molar-refractivity contribution is 7.99. The Labute approximate surface area is 109 Å². The molecule has 92 valence electrons. The van der Waals surface area contributed by atoms with E-state index in [1.165, 1.54) is 10.5 Å². The molecule has 0 aromatic heterocycles. The highest BCUT2D eigenvalue weighted by Gasteiger charge is 2.12. The average Bonchev–Trinajstić information content (AvgIpc) is 2.28. The van der Waals surface area contributed by atoms with Crippen LogP contribution in [0.3, 0.4) is 0 Å². The van der Waals surface area contributed by atoms with E-state index in [1.54, 1.807) is 0 Å². The van der Waals surface area contributed by atoms with Crippen molar-refractivity contribution in [1.29, 1.82) is 0 Å². The van der Waals surface area contributed by atoms with E-state index in [-0.39, 0.29) is 5.41 Å². The van der Waals surface area contributed by atoms with Gasteiger partial charge in [0.1, 0.15) is 0 Å². The largest absolute Gasteiger partial charge is 0.305 e. The summed E-state index contributed by atoms with van der Waals surface area (Å²) in [6.45, 7) is 8.32. The molecular formula is C15H21NS. The molecule has 0 spiro atoms. The fourth-order valence-electron chi connectivity index (χ4n) is 1.45. The van der Waals surface area contributed by atoms with Gasteiger partial charge in [-0.2, -0.15) is 0 Å². The summed E-state index contributed by atoms with van der Waals surface area (Å²) < 4.78 is 0. The molecule has 0 saturated carbocycles. The predicted octanol–water partition coefficient (Wildman–Crippen LogP) is 3.30. The molecule has 0 radical (unpaired) electrons. The molecule has 0 aliphatic carbocycles. The zero-order valence-corrected chi connectivity index (χ0v) is 11.7. The molecular weight excluding hydrogens is 226 g/mol. The number of rotatable bonds is 5. The van der Waals surface area contributed by atoms with Crippen molar-refractivity contribution in [3.05, 3.63) is 29.8 Å². The Morgan fingerprint density at radius 2 is 1.88 bits per heavy atom. The molecule has 0 amide bonds. The third kappa shape index (κ3) is 5.30. The van der Waals surface area contributed by atoms with Crippen LogP contribution in [0.4, 0.5) is 0 Å². The summed E-state index contributed by atoms with van der Waals surface area (Å²) in [5, 5.41) is 3.18. The molecule has 0 aliphatic heterocycles. The first kappa shape index (κ1) is 14.2. The van der Waals surface area contributed by atoms with Gasteiger partial charge in [0.25, 0.3) is 0 Å². The maximum atomic E-state index is 5.16. The standard InChI is InChI=1S/C15H21NS/c1-5-10-16-11-12-17-14-8-6-13(7-9-14)15(2,3)4/h1,6-9,16H,10-12H2,2-4H3. The smallest absolute Gasteiger partial charge is 0.0574 e. The molecule has 1 aromatic carbocycles. The Hall–Kier alpha value is -0.910. The molecule has 1 aromatic rings. The molecule has 0 bridgehead atoms. The van der Waals surface area contributed by atoms with Gasteiger partial charge in [0.2, 0.25) is 0 Å². The van der Waals surface area contributed by atoms with E-state index < -0.39 is 0 Å². The van der Waals surface area contributed by atoms with Gasteiger partial charge in [0, 0.05) is 17.2 Å². The molecule has 2 heteroatoms. The summed E-state index contributed by atoms with van der Waals surface area (Å²) >= 11 is 1.86. The third-order valence-electron chi connectivity index (χ3n) is 2.49. The fraction of sp³-hybridized carbons (Fsp3) is 0.467. The molecule has 1 nitrogen and oxygen atoms in total. The molecule has 1 N–H and O–H groups in total. The summed E-state index contributed by atoms with van der Waals surface area (Å²) in [4.78, 5) is 1.32. The van der Waals surface area contributed by atoms with Crippen LogP contribution in [0.5, 0.6) is 0 Å². The zero-order valence-electron chi connectivity index (χ0n) is 10.9. The van der Waals surface area contributed by atoms with Crippen LogP contribution >= 0.6 is 11.8 Å². The maximum Gasteiger partial charge on any atom is 0.0574 e. The van der Waals surface area contributed by atoms with Gasteiger partial charge in [0.05, 0.1) is 6.54 Å². The normalized spacial score (nSPS) is 11.2. The lowest BCUT2D eigenvalue weighted by Gasteiger charge is -2.19. The number of hydrogen-bond acceptors (Lipinski definition) is 2. The Balaban J connectivity index is 2.39. The average molecular weight is 247 g/mol. The van der Waals surface area contributed by atoms with Crippen LogP contribution in [-0.2, 0) is 5.41 Å². The van der Waals surface area contributed by atoms with Crippen molar-refractivity contribution in [2.45, 2.75) is 31.1 Å². The summed E-state index contributed by atoms with van der Waals surface area (Å²) in [5.41, 5.74) is 1.62. The van der Waals surface area contributed by atoms with Crippen LogP contribution in [0.1, 0.15) is 26.3 Å². The second kappa shape index (κ2) is 6.74. The van der Waals surface area contributed by atoms with Crippen molar-refractivity contribution in [2.75, 3.05) is 18.8 Å². The summed E-state index contributed by atoms with van der Waals surface area (Å²) in [7, 11) is 0. The summed E-state index contributed by atoms with van der Waals surface area (Å²) in [6, 6.07) is 8.84. The highest BCUT2D eigenvalue weighted by atomic mass is 32.2. The summed E-state index contributed by atoms with van der Waals surface area (Å²) in [6.07, 6.45) is 5.16. The minimum Gasteiger partial charge on any atom is -0.305 e. The first-order chi connectivity index (χ1) is 8.04. The lowest BCUT2D eigenvalue weighted by molar-refractivity contribution is 0.590. The first-order valence-corrected chi connectivity index (χ1v) is 6.90. The second-order valence-electron chi connectivity index (χ2n) is 5.00. The van der Waals surface area contributed by atoms with Gasteiger partial charge in [0.15, 0.2) is 0 Å². The van der Waals surface area contributed by atoms with Crippen LogP contribution in [0.15, 0.2) is 29.2 Å². The van der Waals surface area contributed by atoms with Crippen LogP contribution in [0, 0.1) is 12.3 Å². The van der Waals surface area contributed by atoms with E-state index in [2.05, 4.69) is 56.3 Å². The van der Waals surface area contributed by atoms with Gasteiger partial charge in [-0.25, -0.2) is 0 Å². The molecule has 0 fully saturated rings. The number of benzene rings is 1. The minimum absolute atomic E-state index is 0.234. The fourth-order valence-corrected chi connectivity index (χ4v) is 2.26. The highest BCUT2D eigenvalue weighted by Crippen LogP contribution is 2.25. The van der Waals surface area contributed by atoms with E-state index in [4.69, 9.17) is 6.42 Å². The van der Waals surface area contributed by atoms with Gasteiger partial charge in [-0.1, -0.05) is 38.8 Å². The van der Waals surface area contributed by atoms with Gasteiger partial charge in [-0.05, 0) is 23.1 Å². The molecule has 0 atom stereocenters. The molecule has 17 heavy (non-hydrogen) atoms. The van der Waals surface area contributed by atoms with Gasteiger partial charge < -0.3 is 5.32 Å². The molecule has 0 heterocycles. The van der Waals surface area contributed by atoms with Crippen LogP contribution in [0.2, 0.25) is 0 Å². The van der Waals surface area contributed by atoms with E-state index in [0.717, 1.165) is 12.3 Å². The molecule has 1 rings (SSSR count). The van der Waals surface area contributed by atoms with Crippen molar-refractivity contribution in [2.24, 2.45) is 0 Å². The minimum atomic E-state index is 0.234. The Kier molecular flexibility index (Phi) is 5.61. The number of nitrogens with one attached hydrogen (secondary N) is 1. The lowest BCUT2D eigenvalue weighted by atomic mass is 9.87. The molecule has 0 saturated heterocycles. The maximum absolute atomic E-state index is 5.16. The van der Waals surface area contributed by atoms with Gasteiger partial charge in [-0.3, -0.25) is 0 Å². The van der Waals surface area contributed by atoms with Crippen molar-refractivity contribution in [3.63, 3.8) is 0 Å². The van der Waals surface area contributed by atoms with Crippen LogP contribution in [-0.4, -0.2) is 18.8 Å². The van der Waals surface area contributed by atoms with Crippen LogP contribution in [0.25, 0.3) is 0 Å². The lowest BCUT2D eigenvalue weighted by Crippen LogP contribution is -2.16. The Morgan fingerprint density at radius 3 is 2.41 bits per heavy atom. The monoisotopic (exact) mass is 247 g/mol. The summed E-state index contributed by atoms with van der Waals surface area (Å²) in [5.74, 6) is 3.62. The van der Waals surface area contributed by atoms with E-state index in [1.807, 2.05) is 11.8 Å². The van der Waals surface area contributed by atoms with E-state index in [9.17, 15) is 0 Å². The zero-order chi connectivity index (χ0) is 12.7. The number of hydrogen-bond donors (Lipinski definition) is 1. The van der Waals surface area contributed by atoms with E-state index >= 15 is 0 Å². The van der Waals surface area contributed by atoms with Crippen molar-refractivity contribution >= 4 is 11.8 Å². The third-order valence-corrected chi connectivity index (χ3v) is 3.51. The number of terminal acetylenes is 1. The number of thioether (sulfide) groups is 1. The SMILES string of the molecule is C#CCNCCSc1ccc(C(C)(C)C)cc1. The van der Waals surface area contributed by atoms with Gasteiger partial charge >= 0.3 is 0 Å². The molecule has 0 aliphatic rings. The predicted molar refractivity (Wildman–Crippen MR) is 77.6 cm³/mol. The first-order valence-electron chi connectivity index (χ1n) is 5.91. The topological polar surface area (TPSA) is 12.0 Å². The van der Waals surface area contributed by atoms with Crippen molar-refractivity contribution in [3.8, 4) is 12.3 Å². The molecule has 0 unspecified atom stereocenters. The Morgan fingerprint density at radius 1 is 1.24 bits per heavy atom. The van der Waals surface area contributed by atoms with Crippen molar-refractivity contribution < 1.29 is 0 Å². The Bertz CT molecular complexity index is 367. The van der Waals surface area contributed by atoms with Crippen molar-refractivity contribution in [1.82, 2.24) is 5.32 Å². The van der Waals surface area contributed by atoms with E-state index in [0.29, 0.717) is 6.54 Å². The second-order valence-corrected chi connectivity index (χ2v) is 6.17.